The summed E-state index contributed by atoms with van der Waals surface area (Å²) >= 11 is 12.0. The summed E-state index contributed by atoms with van der Waals surface area (Å²) in [6.45, 7) is 0.443. The van der Waals surface area contributed by atoms with Gasteiger partial charge in [-0.1, -0.05) is 29.3 Å². The predicted octanol–water partition coefficient (Wildman–Crippen LogP) is 2.92. The normalized spacial score (nSPS) is 10.9. The minimum absolute atomic E-state index is 0.0406. The SMILES string of the molecule is O=C(NCCCc1ncc[nH]1)c1cc2ccc(Cl)c(Cl)c2[nH]c1=O. The van der Waals surface area contributed by atoms with Crippen molar-refractivity contribution in [2.75, 3.05) is 6.54 Å². The Morgan fingerprint density at radius 3 is 2.88 bits per heavy atom. The number of nitrogens with zero attached hydrogens (tertiary/aromatic N) is 1. The highest BCUT2D eigenvalue weighted by Gasteiger charge is 2.13. The zero-order valence-electron chi connectivity index (χ0n) is 12.5. The van der Waals surface area contributed by atoms with Crippen molar-refractivity contribution in [3.63, 3.8) is 0 Å². The minimum atomic E-state index is -0.504. The molecule has 0 aliphatic heterocycles. The van der Waals surface area contributed by atoms with Crippen LogP contribution in [0.4, 0.5) is 0 Å². The van der Waals surface area contributed by atoms with Crippen molar-refractivity contribution in [3.05, 3.63) is 62.4 Å². The van der Waals surface area contributed by atoms with Gasteiger partial charge in [0.05, 0.1) is 15.6 Å². The van der Waals surface area contributed by atoms with Crippen molar-refractivity contribution in [1.82, 2.24) is 20.3 Å². The van der Waals surface area contributed by atoms with Crippen molar-refractivity contribution in [3.8, 4) is 0 Å². The van der Waals surface area contributed by atoms with Gasteiger partial charge in [0.2, 0.25) is 0 Å². The van der Waals surface area contributed by atoms with E-state index in [0.717, 1.165) is 12.2 Å². The largest absolute Gasteiger partial charge is 0.352 e. The number of benzene rings is 1. The molecule has 24 heavy (non-hydrogen) atoms. The van der Waals surface area contributed by atoms with Crippen LogP contribution in [0, 0.1) is 0 Å². The lowest BCUT2D eigenvalue weighted by Gasteiger charge is -2.07. The molecule has 1 amide bonds. The maximum Gasteiger partial charge on any atom is 0.261 e. The van der Waals surface area contributed by atoms with Crippen molar-refractivity contribution in [1.29, 1.82) is 0 Å². The summed E-state index contributed by atoms with van der Waals surface area (Å²) in [5.74, 6) is 0.433. The summed E-state index contributed by atoms with van der Waals surface area (Å²) < 4.78 is 0. The Balaban J connectivity index is 1.71. The summed E-state index contributed by atoms with van der Waals surface area (Å²) in [6.07, 6.45) is 4.86. The maximum absolute atomic E-state index is 12.2. The molecule has 0 fully saturated rings. The van der Waals surface area contributed by atoms with E-state index in [1.54, 1.807) is 24.5 Å². The highest BCUT2D eigenvalue weighted by molar-refractivity contribution is 6.45. The van der Waals surface area contributed by atoms with E-state index in [0.29, 0.717) is 28.9 Å². The Morgan fingerprint density at radius 1 is 1.29 bits per heavy atom. The van der Waals surface area contributed by atoms with E-state index in [4.69, 9.17) is 23.2 Å². The molecule has 2 aromatic heterocycles. The molecule has 8 heteroatoms. The molecule has 2 heterocycles. The molecule has 124 valence electrons. The number of carbonyl (C=O) groups is 1. The van der Waals surface area contributed by atoms with Gasteiger partial charge in [0.1, 0.15) is 11.4 Å². The molecule has 0 atom stereocenters. The lowest BCUT2D eigenvalue weighted by Crippen LogP contribution is -2.30. The molecule has 3 N–H and O–H groups in total. The second-order valence-corrected chi connectivity index (χ2v) is 6.02. The second kappa shape index (κ2) is 7.07. The number of halogens is 2. The smallest absolute Gasteiger partial charge is 0.261 e. The third-order valence-corrected chi connectivity index (χ3v) is 4.39. The summed E-state index contributed by atoms with van der Waals surface area (Å²) in [4.78, 5) is 34.0. The van der Waals surface area contributed by atoms with Crippen LogP contribution in [0.25, 0.3) is 10.9 Å². The number of H-pyrrole nitrogens is 2. The number of pyridine rings is 1. The van der Waals surface area contributed by atoms with Gasteiger partial charge in [0.15, 0.2) is 0 Å². The van der Waals surface area contributed by atoms with Gasteiger partial charge in [-0.3, -0.25) is 9.59 Å². The first-order chi connectivity index (χ1) is 11.6. The van der Waals surface area contributed by atoms with E-state index >= 15 is 0 Å². The average Bonchev–Trinajstić information content (AvgIpc) is 3.08. The number of nitrogens with one attached hydrogen (secondary N) is 3. The molecule has 1 aromatic carbocycles. The molecule has 0 radical (unpaired) electrons. The number of aryl methyl sites for hydroxylation is 1. The van der Waals surface area contributed by atoms with Gasteiger partial charge in [-0.2, -0.15) is 0 Å². The van der Waals surface area contributed by atoms with E-state index in [1.807, 2.05) is 0 Å². The lowest BCUT2D eigenvalue weighted by molar-refractivity contribution is 0.0952. The number of hydrogen-bond acceptors (Lipinski definition) is 3. The third-order valence-electron chi connectivity index (χ3n) is 3.59. The first kappa shape index (κ1) is 16.5. The first-order valence-corrected chi connectivity index (χ1v) is 8.09. The van der Waals surface area contributed by atoms with E-state index in [2.05, 4.69) is 20.3 Å². The van der Waals surface area contributed by atoms with Crippen LogP contribution in [0.2, 0.25) is 10.0 Å². The number of carbonyl (C=O) groups excluding carboxylic acids is 1. The van der Waals surface area contributed by atoms with Crippen molar-refractivity contribution < 1.29 is 4.79 Å². The number of fused-ring (bicyclic) bond motifs is 1. The molecule has 0 unspecified atom stereocenters. The molecule has 0 saturated heterocycles. The number of imidazole rings is 1. The quantitative estimate of drug-likeness (QED) is 0.607. The first-order valence-electron chi connectivity index (χ1n) is 7.34. The Bertz CT molecular complexity index is 935. The Morgan fingerprint density at radius 2 is 2.12 bits per heavy atom. The van der Waals surface area contributed by atoms with Gasteiger partial charge in [0.25, 0.3) is 11.5 Å². The molecule has 0 aliphatic carbocycles. The number of aromatic amines is 2. The van der Waals surface area contributed by atoms with Crippen molar-refractivity contribution in [2.24, 2.45) is 0 Å². The average molecular weight is 365 g/mol. The fourth-order valence-electron chi connectivity index (χ4n) is 2.37. The Kier molecular flexibility index (Phi) is 4.87. The van der Waals surface area contributed by atoms with Crippen LogP contribution >= 0.6 is 23.2 Å². The summed E-state index contributed by atoms with van der Waals surface area (Å²) in [6, 6.07) is 4.83. The van der Waals surface area contributed by atoms with Crippen LogP contribution in [0.5, 0.6) is 0 Å². The zero-order valence-corrected chi connectivity index (χ0v) is 14.0. The van der Waals surface area contributed by atoms with E-state index in [9.17, 15) is 9.59 Å². The van der Waals surface area contributed by atoms with E-state index in [-0.39, 0.29) is 10.6 Å². The summed E-state index contributed by atoms with van der Waals surface area (Å²) in [5.41, 5.74) is -0.0439. The van der Waals surface area contributed by atoms with Gasteiger partial charge >= 0.3 is 0 Å². The molecular weight excluding hydrogens is 351 g/mol. The molecule has 0 aliphatic rings. The molecular formula is C16H14Cl2N4O2. The highest BCUT2D eigenvalue weighted by Crippen LogP contribution is 2.28. The molecule has 0 bridgehead atoms. The van der Waals surface area contributed by atoms with Crippen LogP contribution < -0.4 is 10.9 Å². The fraction of sp³-hybridized carbons (Fsp3) is 0.188. The van der Waals surface area contributed by atoms with Gasteiger partial charge in [0, 0.05) is 30.7 Å². The van der Waals surface area contributed by atoms with Gasteiger partial charge < -0.3 is 15.3 Å². The molecule has 0 spiro atoms. The van der Waals surface area contributed by atoms with Gasteiger partial charge in [-0.15, -0.1) is 0 Å². The van der Waals surface area contributed by atoms with Crippen LogP contribution in [-0.2, 0) is 6.42 Å². The lowest BCUT2D eigenvalue weighted by atomic mass is 10.1. The maximum atomic E-state index is 12.2. The summed E-state index contributed by atoms with van der Waals surface area (Å²) in [7, 11) is 0. The minimum Gasteiger partial charge on any atom is -0.352 e. The zero-order chi connectivity index (χ0) is 17.1. The fourth-order valence-corrected chi connectivity index (χ4v) is 2.75. The summed E-state index contributed by atoms with van der Waals surface area (Å²) in [5, 5.41) is 3.98. The van der Waals surface area contributed by atoms with Gasteiger partial charge in [-0.25, -0.2) is 4.98 Å². The Hall–Kier alpha value is -2.31. The number of aromatic nitrogens is 3. The van der Waals surface area contributed by atoms with Gasteiger partial charge in [-0.05, 0) is 18.6 Å². The van der Waals surface area contributed by atoms with Crippen LogP contribution in [0.1, 0.15) is 22.6 Å². The van der Waals surface area contributed by atoms with E-state index < -0.39 is 11.5 Å². The second-order valence-electron chi connectivity index (χ2n) is 5.23. The molecule has 6 nitrogen and oxygen atoms in total. The van der Waals surface area contributed by atoms with E-state index in [1.165, 1.54) is 6.07 Å². The van der Waals surface area contributed by atoms with Crippen LogP contribution in [-0.4, -0.2) is 27.4 Å². The standard InChI is InChI=1S/C16H14Cl2N4O2/c17-11-4-3-9-8-10(16(24)22-14(9)13(11)18)15(23)21-5-1-2-12-19-6-7-20-12/h3-4,6-8H,1-2,5H2,(H,19,20)(H,21,23)(H,22,24). The predicted molar refractivity (Wildman–Crippen MR) is 93.8 cm³/mol. The highest BCUT2D eigenvalue weighted by atomic mass is 35.5. The monoisotopic (exact) mass is 364 g/mol. The molecule has 3 rings (SSSR count). The number of hydrogen-bond donors (Lipinski definition) is 3. The molecule has 3 aromatic rings. The van der Waals surface area contributed by atoms with Crippen LogP contribution in [0.15, 0.2) is 35.4 Å². The molecule has 0 saturated carbocycles. The van der Waals surface area contributed by atoms with Crippen LogP contribution in [0.3, 0.4) is 0 Å². The topological polar surface area (TPSA) is 90.6 Å². The van der Waals surface area contributed by atoms with Crippen molar-refractivity contribution in [2.45, 2.75) is 12.8 Å². The van der Waals surface area contributed by atoms with Crippen molar-refractivity contribution >= 4 is 40.0 Å². The number of amides is 1. The third kappa shape index (κ3) is 3.44. The number of rotatable bonds is 5. The Labute approximate surface area is 147 Å².